The van der Waals surface area contributed by atoms with Crippen molar-refractivity contribution in [1.82, 2.24) is 10.2 Å². The molecule has 0 radical (unpaired) electrons. The molecule has 0 aliphatic heterocycles. The van der Waals surface area contributed by atoms with Crippen molar-refractivity contribution in [3.63, 3.8) is 0 Å². The highest BCUT2D eigenvalue weighted by Gasteiger charge is 2.34. The van der Waals surface area contributed by atoms with Crippen molar-refractivity contribution in [3.8, 4) is 5.75 Å². The van der Waals surface area contributed by atoms with Gasteiger partial charge in [-0.1, -0.05) is 49.9 Å². The molecular weight excluding hydrogens is 605 g/mol. The Kier molecular flexibility index (Phi) is 11.6. The first kappa shape index (κ1) is 33.3. The highest BCUT2D eigenvalue weighted by molar-refractivity contribution is 7.92. The van der Waals surface area contributed by atoms with Gasteiger partial charge < -0.3 is 15.0 Å². The van der Waals surface area contributed by atoms with Crippen LogP contribution in [-0.4, -0.2) is 50.4 Å². The molecule has 0 heterocycles. The van der Waals surface area contributed by atoms with Gasteiger partial charge in [0.25, 0.3) is 10.0 Å². The first-order chi connectivity index (χ1) is 21.1. The van der Waals surface area contributed by atoms with Gasteiger partial charge in [0.2, 0.25) is 11.8 Å². The number of anilines is 1. The molecule has 44 heavy (non-hydrogen) atoms. The minimum absolute atomic E-state index is 0.0357. The SMILES string of the molecule is CCOc1ccc(S(=O)(=O)N(CC(=O)N(Cc2ccc(Cl)cc2)C(CC)C(=O)NC2CCCCC2)c2ccc(F)cc2)cc1. The zero-order chi connectivity index (χ0) is 31.7. The van der Waals surface area contributed by atoms with Gasteiger partial charge in [-0.3, -0.25) is 13.9 Å². The normalized spacial score (nSPS) is 14.5. The molecule has 0 bridgehead atoms. The van der Waals surface area contributed by atoms with Gasteiger partial charge in [-0.05, 0) is 92.4 Å². The fourth-order valence-corrected chi connectivity index (χ4v) is 6.93. The van der Waals surface area contributed by atoms with Crippen LogP contribution in [0.2, 0.25) is 5.02 Å². The van der Waals surface area contributed by atoms with Crippen molar-refractivity contribution < 1.29 is 27.1 Å². The molecule has 0 aromatic heterocycles. The van der Waals surface area contributed by atoms with Crippen LogP contribution < -0.4 is 14.4 Å². The highest BCUT2D eigenvalue weighted by Crippen LogP contribution is 2.27. The Morgan fingerprint density at radius 3 is 2.18 bits per heavy atom. The van der Waals surface area contributed by atoms with Crippen molar-refractivity contribution in [3.05, 3.63) is 89.2 Å². The van der Waals surface area contributed by atoms with Gasteiger partial charge in [0.15, 0.2) is 0 Å². The first-order valence-electron chi connectivity index (χ1n) is 15.0. The smallest absolute Gasteiger partial charge is 0.264 e. The standard InChI is InChI=1S/C33H39ClFN3O5S/c1-3-31(33(40)36-27-8-6-5-7-9-27)37(22-24-10-12-25(34)13-11-24)32(39)23-38(28-16-14-26(35)15-17-28)44(41,42)30-20-18-29(19-21-30)43-4-2/h10-21,27,31H,3-9,22-23H2,1-2H3,(H,36,40). The van der Waals surface area contributed by atoms with Crippen LogP contribution in [0.3, 0.4) is 0 Å². The van der Waals surface area contributed by atoms with E-state index in [2.05, 4.69) is 5.32 Å². The minimum atomic E-state index is -4.29. The molecular formula is C33H39ClFN3O5S. The number of sulfonamides is 1. The third-order valence-corrected chi connectivity index (χ3v) is 9.76. The van der Waals surface area contributed by atoms with Crippen molar-refractivity contribution in [2.45, 2.75) is 75.9 Å². The summed E-state index contributed by atoms with van der Waals surface area (Å²) in [6.07, 6.45) is 5.28. The molecule has 1 aliphatic carbocycles. The van der Waals surface area contributed by atoms with E-state index in [0.717, 1.165) is 54.1 Å². The van der Waals surface area contributed by atoms with Crippen molar-refractivity contribution in [2.24, 2.45) is 0 Å². The maximum Gasteiger partial charge on any atom is 0.264 e. The molecule has 1 unspecified atom stereocenters. The zero-order valence-corrected chi connectivity index (χ0v) is 26.6. The molecule has 1 N–H and O–H groups in total. The molecule has 8 nitrogen and oxygen atoms in total. The zero-order valence-electron chi connectivity index (χ0n) is 25.0. The Balaban J connectivity index is 1.69. The topological polar surface area (TPSA) is 96.0 Å². The van der Waals surface area contributed by atoms with Crippen LogP contribution in [0.1, 0.15) is 57.9 Å². The summed E-state index contributed by atoms with van der Waals surface area (Å²) in [7, 11) is -4.29. The Labute approximate surface area is 264 Å². The lowest BCUT2D eigenvalue weighted by Gasteiger charge is -2.34. The summed E-state index contributed by atoms with van der Waals surface area (Å²) in [5.74, 6) is -0.901. The Morgan fingerprint density at radius 2 is 1.59 bits per heavy atom. The van der Waals surface area contributed by atoms with E-state index in [9.17, 15) is 22.4 Å². The van der Waals surface area contributed by atoms with Crippen LogP contribution in [0.15, 0.2) is 77.7 Å². The second-order valence-electron chi connectivity index (χ2n) is 10.8. The number of nitrogens with zero attached hydrogens (tertiary/aromatic N) is 2. The number of rotatable bonds is 13. The summed E-state index contributed by atoms with van der Waals surface area (Å²) >= 11 is 6.09. The number of hydrogen-bond acceptors (Lipinski definition) is 5. The lowest BCUT2D eigenvalue weighted by atomic mass is 9.95. The quantitative estimate of drug-likeness (QED) is 0.235. The van der Waals surface area contributed by atoms with Crippen molar-refractivity contribution >= 4 is 39.1 Å². The Morgan fingerprint density at radius 1 is 0.955 bits per heavy atom. The maximum absolute atomic E-state index is 14.2. The Hall–Kier alpha value is -3.63. The van der Waals surface area contributed by atoms with Crippen LogP contribution in [0.5, 0.6) is 5.75 Å². The summed E-state index contributed by atoms with van der Waals surface area (Å²) < 4.78 is 48.3. The molecule has 3 aromatic carbocycles. The number of nitrogens with one attached hydrogen (secondary N) is 1. The van der Waals surface area contributed by atoms with Crippen molar-refractivity contribution in [1.29, 1.82) is 0 Å². The summed E-state index contributed by atoms with van der Waals surface area (Å²) in [5.41, 5.74) is 0.842. The van der Waals surface area contributed by atoms with Gasteiger partial charge >= 0.3 is 0 Å². The second-order valence-corrected chi connectivity index (χ2v) is 13.1. The molecule has 1 fully saturated rings. The molecule has 11 heteroatoms. The summed E-state index contributed by atoms with van der Waals surface area (Å²) in [6.45, 7) is 3.51. The van der Waals surface area contributed by atoms with Crippen LogP contribution in [-0.2, 0) is 26.2 Å². The van der Waals surface area contributed by atoms with E-state index >= 15 is 0 Å². The largest absolute Gasteiger partial charge is 0.494 e. The number of hydrogen-bond donors (Lipinski definition) is 1. The molecule has 0 spiro atoms. The fourth-order valence-electron chi connectivity index (χ4n) is 5.39. The van der Waals surface area contributed by atoms with Gasteiger partial charge in [0, 0.05) is 17.6 Å². The Bertz CT molecular complexity index is 1500. The summed E-state index contributed by atoms with van der Waals surface area (Å²) in [5, 5.41) is 3.65. The average molecular weight is 644 g/mol. The van der Waals surface area contributed by atoms with Gasteiger partial charge in [0.1, 0.15) is 24.2 Å². The minimum Gasteiger partial charge on any atom is -0.494 e. The van der Waals surface area contributed by atoms with E-state index in [-0.39, 0.29) is 29.1 Å². The van der Waals surface area contributed by atoms with Crippen LogP contribution in [0.4, 0.5) is 10.1 Å². The van der Waals surface area contributed by atoms with E-state index < -0.39 is 34.3 Å². The predicted molar refractivity (Wildman–Crippen MR) is 170 cm³/mol. The molecule has 1 atom stereocenters. The van der Waals surface area contributed by atoms with Gasteiger partial charge in [-0.25, -0.2) is 12.8 Å². The number of amides is 2. The van der Waals surface area contributed by atoms with E-state index in [0.29, 0.717) is 23.8 Å². The number of ether oxygens (including phenoxy) is 1. The van der Waals surface area contributed by atoms with E-state index in [1.165, 1.54) is 41.3 Å². The molecule has 2 amide bonds. The number of carbonyl (C=O) groups excluding carboxylic acids is 2. The number of benzene rings is 3. The highest BCUT2D eigenvalue weighted by atomic mass is 35.5. The predicted octanol–water partition coefficient (Wildman–Crippen LogP) is 6.33. The summed E-state index contributed by atoms with van der Waals surface area (Å²) in [4.78, 5) is 29.2. The second kappa shape index (κ2) is 15.4. The monoisotopic (exact) mass is 643 g/mol. The number of halogens is 2. The van der Waals surface area contributed by atoms with E-state index in [4.69, 9.17) is 16.3 Å². The molecule has 4 rings (SSSR count). The lowest BCUT2D eigenvalue weighted by molar-refractivity contribution is -0.140. The average Bonchev–Trinajstić information content (AvgIpc) is 3.02. The fraction of sp³-hybridized carbons (Fsp3) is 0.394. The van der Waals surface area contributed by atoms with Gasteiger partial charge in [-0.15, -0.1) is 0 Å². The third-order valence-electron chi connectivity index (χ3n) is 7.72. The van der Waals surface area contributed by atoms with Gasteiger partial charge in [0.05, 0.1) is 17.2 Å². The van der Waals surface area contributed by atoms with Crippen LogP contribution in [0.25, 0.3) is 0 Å². The van der Waals surface area contributed by atoms with Crippen LogP contribution >= 0.6 is 11.6 Å². The van der Waals surface area contributed by atoms with Crippen molar-refractivity contribution in [2.75, 3.05) is 17.5 Å². The lowest BCUT2D eigenvalue weighted by Crippen LogP contribution is -2.54. The molecule has 1 aliphatic rings. The van der Waals surface area contributed by atoms with E-state index in [1.54, 1.807) is 24.3 Å². The molecule has 3 aromatic rings. The molecule has 1 saturated carbocycles. The number of carbonyl (C=O) groups is 2. The van der Waals surface area contributed by atoms with E-state index in [1.807, 2.05) is 13.8 Å². The summed E-state index contributed by atoms with van der Waals surface area (Å²) in [6, 6.07) is 16.9. The first-order valence-corrected chi connectivity index (χ1v) is 16.8. The third kappa shape index (κ3) is 8.51. The maximum atomic E-state index is 14.2. The van der Waals surface area contributed by atoms with Gasteiger partial charge in [-0.2, -0.15) is 0 Å². The molecule has 236 valence electrons. The van der Waals surface area contributed by atoms with Crippen LogP contribution in [0, 0.1) is 5.82 Å². The molecule has 0 saturated heterocycles.